The number of pyridine rings is 1. The maximum Gasteiger partial charge on any atom is 0.259 e. The first-order chi connectivity index (χ1) is 15.2. The van der Waals surface area contributed by atoms with Crippen LogP contribution in [0.15, 0.2) is 41.8 Å². The van der Waals surface area contributed by atoms with Crippen molar-refractivity contribution in [3.63, 3.8) is 0 Å². The van der Waals surface area contributed by atoms with Gasteiger partial charge in [-0.05, 0) is 71.9 Å². The van der Waals surface area contributed by atoms with Crippen LogP contribution in [0, 0.1) is 17.2 Å². The summed E-state index contributed by atoms with van der Waals surface area (Å²) in [7, 11) is 0. The standard InChI is InChI=1S/C26H25FN2OS2/c1-26(2,3)16-8-11-18-19(13-16)28-20-14-29(24(30)15-6-9-17(27)10-7-15)25(31)23(20)22(18)21-5-4-12-32-21/h4-7,9-10,12,16H,8,11,13-14H2,1-3H3. The van der Waals surface area contributed by atoms with E-state index < -0.39 is 0 Å². The Balaban J connectivity index is 1.60. The van der Waals surface area contributed by atoms with E-state index in [2.05, 4.69) is 38.3 Å². The SMILES string of the molecule is CC(C)(C)C1CCc2c(nc3c(c2-c2cccs2)C(=S)N(C(=O)c2ccc(F)cc2)C3)C1. The van der Waals surface area contributed by atoms with Crippen molar-refractivity contribution in [2.75, 3.05) is 0 Å². The summed E-state index contributed by atoms with van der Waals surface area (Å²) in [5, 5.41) is 2.08. The van der Waals surface area contributed by atoms with E-state index in [4.69, 9.17) is 17.2 Å². The molecular weight excluding hydrogens is 439 g/mol. The molecule has 0 N–H and O–H groups in total. The predicted octanol–water partition coefficient (Wildman–Crippen LogP) is 6.43. The molecule has 0 spiro atoms. The Kier molecular flexibility index (Phi) is 5.25. The van der Waals surface area contributed by atoms with Crippen LogP contribution in [0.2, 0.25) is 0 Å². The number of rotatable bonds is 2. The monoisotopic (exact) mass is 464 g/mol. The number of thiocarbonyl (C=S) groups is 1. The molecule has 32 heavy (non-hydrogen) atoms. The Bertz CT molecular complexity index is 1210. The lowest BCUT2D eigenvalue weighted by atomic mass is 9.71. The van der Waals surface area contributed by atoms with Gasteiger partial charge in [0, 0.05) is 27.3 Å². The molecule has 1 amide bonds. The second kappa shape index (κ2) is 7.85. The van der Waals surface area contributed by atoms with Crippen molar-refractivity contribution in [1.82, 2.24) is 9.88 Å². The minimum Gasteiger partial charge on any atom is -0.292 e. The molecule has 3 heterocycles. The molecule has 1 atom stereocenters. The van der Waals surface area contributed by atoms with Crippen molar-refractivity contribution in [2.24, 2.45) is 11.3 Å². The van der Waals surface area contributed by atoms with Crippen molar-refractivity contribution in [3.8, 4) is 10.4 Å². The number of thiophene rings is 1. The lowest BCUT2D eigenvalue weighted by molar-refractivity contribution is 0.0847. The quantitative estimate of drug-likeness (QED) is 0.410. The van der Waals surface area contributed by atoms with Gasteiger partial charge in [-0.3, -0.25) is 14.7 Å². The van der Waals surface area contributed by atoms with Gasteiger partial charge in [-0.1, -0.05) is 39.1 Å². The van der Waals surface area contributed by atoms with Gasteiger partial charge in [-0.25, -0.2) is 4.39 Å². The van der Waals surface area contributed by atoms with Gasteiger partial charge in [-0.2, -0.15) is 0 Å². The van der Waals surface area contributed by atoms with Crippen molar-refractivity contribution in [1.29, 1.82) is 0 Å². The molecule has 6 heteroatoms. The molecular formula is C26H25FN2OS2. The molecule has 0 fully saturated rings. The Morgan fingerprint density at radius 2 is 1.91 bits per heavy atom. The average molecular weight is 465 g/mol. The maximum atomic E-state index is 13.4. The summed E-state index contributed by atoms with van der Waals surface area (Å²) < 4.78 is 13.4. The zero-order valence-electron chi connectivity index (χ0n) is 18.4. The van der Waals surface area contributed by atoms with Gasteiger partial charge in [0.2, 0.25) is 0 Å². The van der Waals surface area contributed by atoms with Crippen LogP contribution in [0.25, 0.3) is 10.4 Å². The van der Waals surface area contributed by atoms with Gasteiger partial charge in [0.25, 0.3) is 5.91 Å². The van der Waals surface area contributed by atoms with E-state index in [9.17, 15) is 9.18 Å². The minimum absolute atomic E-state index is 0.212. The summed E-state index contributed by atoms with van der Waals surface area (Å²) in [6, 6.07) is 9.81. The van der Waals surface area contributed by atoms with Gasteiger partial charge < -0.3 is 0 Å². The summed E-state index contributed by atoms with van der Waals surface area (Å²) in [4.78, 5) is 21.6. The van der Waals surface area contributed by atoms with Gasteiger partial charge >= 0.3 is 0 Å². The van der Waals surface area contributed by atoms with Crippen LogP contribution < -0.4 is 0 Å². The van der Waals surface area contributed by atoms with Gasteiger partial charge in [0.05, 0.1) is 12.2 Å². The Labute approximate surface area is 197 Å². The number of halogens is 1. The van der Waals surface area contributed by atoms with Crippen LogP contribution in [0.4, 0.5) is 4.39 Å². The normalized spacial score (nSPS) is 17.9. The highest BCUT2D eigenvalue weighted by molar-refractivity contribution is 7.80. The highest BCUT2D eigenvalue weighted by Gasteiger charge is 2.38. The number of hydrogen-bond donors (Lipinski definition) is 0. The third kappa shape index (κ3) is 3.59. The first kappa shape index (κ1) is 21.4. The van der Waals surface area contributed by atoms with E-state index in [1.54, 1.807) is 16.2 Å². The van der Waals surface area contributed by atoms with Crippen LogP contribution in [-0.2, 0) is 19.4 Å². The van der Waals surface area contributed by atoms with Crippen molar-refractivity contribution in [2.45, 2.75) is 46.6 Å². The maximum absolute atomic E-state index is 13.4. The largest absolute Gasteiger partial charge is 0.292 e. The lowest BCUT2D eigenvalue weighted by Gasteiger charge is -2.35. The summed E-state index contributed by atoms with van der Waals surface area (Å²) in [5.74, 6) is -0.00530. The van der Waals surface area contributed by atoms with E-state index in [0.29, 0.717) is 23.0 Å². The zero-order chi connectivity index (χ0) is 22.6. The molecule has 0 bridgehead atoms. The number of benzene rings is 1. The molecule has 3 nitrogen and oxygen atoms in total. The molecule has 1 aromatic carbocycles. The number of hydrogen-bond acceptors (Lipinski definition) is 4. The second-order valence-corrected chi connectivity index (χ2v) is 11.1. The molecule has 3 aromatic rings. The van der Waals surface area contributed by atoms with Crippen LogP contribution in [0.3, 0.4) is 0 Å². The molecule has 0 radical (unpaired) electrons. The molecule has 1 unspecified atom stereocenters. The number of carbonyl (C=O) groups excluding carboxylic acids is 1. The third-order valence-electron chi connectivity index (χ3n) is 6.74. The number of fused-ring (bicyclic) bond motifs is 2. The molecule has 0 saturated heterocycles. The summed E-state index contributed by atoms with van der Waals surface area (Å²) >= 11 is 7.54. The zero-order valence-corrected chi connectivity index (χ0v) is 20.1. The van der Waals surface area contributed by atoms with Crippen molar-refractivity contribution < 1.29 is 9.18 Å². The molecule has 0 saturated carbocycles. The van der Waals surface area contributed by atoms with Gasteiger partial charge in [0.1, 0.15) is 10.8 Å². The molecule has 164 valence electrons. The van der Waals surface area contributed by atoms with Crippen LogP contribution in [0.1, 0.15) is 60.1 Å². The van der Waals surface area contributed by atoms with Gasteiger partial charge in [-0.15, -0.1) is 11.3 Å². The van der Waals surface area contributed by atoms with Gasteiger partial charge in [0.15, 0.2) is 0 Å². The Hall–Kier alpha value is -2.44. The fourth-order valence-corrected chi connectivity index (χ4v) is 6.03. The number of carbonyl (C=O) groups is 1. The molecule has 2 aliphatic rings. The van der Waals surface area contributed by atoms with Crippen molar-refractivity contribution in [3.05, 3.63) is 75.7 Å². The lowest BCUT2D eigenvalue weighted by Crippen LogP contribution is -2.30. The Morgan fingerprint density at radius 1 is 1.16 bits per heavy atom. The average Bonchev–Trinajstić information content (AvgIpc) is 3.40. The van der Waals surface area contributed by atoms with E-state index >= 15 is 0 Å². The second-order valence-electron chi connectivity index (χ2n) is 9.72. The van der Waals surface area contributed by atoms with E-state index in [-0.39, 0.29) is 17.1 Å². The summed E-state index contributed by atoms with van der Waals surface area (Å²) in [6.07, 6.45) is 3.04. The predicted molar refractivity (Wildman–Crippen MR) is 130 cm³/mol. The van der Waals surface area contributed by atoms with Crippen molar-refractivity contribution >= 4 is 34.5 Å². The first-order valence-corrected chi connectivity index (χ1v) is 12.2. The molecule has 1 aliphatic heterocycles. The highest BCUT2D eigenvalue weighted by atomic mass is 32.1. The van der Waals surface area contributed by atoms with Crippen LogP contribution >= 0.6 is 23.6 Å². The number of amides is 1. The Morgan fingerprint density at radius 3 is 2.56 bits per heavy atom. The highest BCUT2D eigenvalue weighted by Crippen LogP contribution is 2.44. The first-order valence-electron chi connectivity index (χ1n) is 10.9. The summed E-state index contributed by atoms with van der Waals surface area (Å²) in [6.45, 7) is 7.26. The van der Waals surface area contributed by atoms with E-state index in [0.717, 1.165) is 41.8 Å². The smallest absolute Gasteiger partial charge is 0.259 e. The topological polar surface area (TPSA) is 33.2 Å². The fraction of sp³-hybridized carbons (Fsp3) is 0.346. The van der Waals surface area contributed by atoms with E-state index in [1.807, 2.05) is 0 Å². The molecule has 2 aromatic heterocycles. The number of nitrogens with zero attached hydrogens (tertiary/aromatic N) is 2. The van der Waals surface area contributed by atoms with E-state index in [1.165, 1.54) is 34.7 Å². The number of aromatic nitrogens is 1. The summed E-state index contributed by atoms with van der Waals surface area (Å²) in [5.41, 5.74) is 6.04. The molecule has 1 aliphatic carbocycles. The fourth-order valence-electron chi connectivity index (χ4n) is 4.86. The van der Waals surface area contributed by atoms with Crippen LogP contribution in [0.5, 0.6) is 0 Å². The third-order valence-corrected chi connectivity index (χ3v) is 8.05. The minimum atomic E-state index is -0.364. The molecule has 5 rings (SSSR count). The van der Waals surface area contributed by atoms with Crippen LogP contribution in [-0.4, -0.2) is 20.8 Å².